The van der Waals surface area contributed by atoms with Crippen molar-refractivity contribution in [3.8, 4) is 6.07 Å². The monoisotopic (exact) mass is 379 g/mol. The van der Waals surface area contributed by atoms with Gasteiger partial charge in [0.15, 0.2) is 6.61 Å². The number of hydrogen-bond acceptors (Lipinski definition) is 5. The predicted octanol–water partition coefficient (Wildman–Crippen LogP) is 2.28. The van der Waals surface area contributed by atoms with Crippen LogP contribution in [-0.4, -0.2) is 30.9 Å². The van der Waals surface area contributed by atoms with Crippen molar-refractivity contribution in [2.75, 3.05) is 18.5 Å². The Morgan fingerprint density at radius 1 is 1.04 bits per heavy atom. The van der Waals surface area contributed by atoms with Crippen molar-refractivity contribution in [2.45, 2.75) is 20.3 Å². The number of carbonyl (C=O) groups is 3. The molecular weight excluding hydrogens is 358 g/mol. The van der Waals surface area contributed by atoms with Gasteiger partial charge in [-0.25, -0.2) is 0 Å². The van der Waals surface area contributed by atoms with Gasteiger partial charge in [-0.2, -0.15) is 5.26 Å². The molecule has 0 saturated carbocycles. The fourth-order valence-electron chi connectivity index (χ4n) is 2.33. The molecule has 2 aromatic carbocycles. The van der Waals surface area contributed by atoms with Crippen molar-refractivity contribution in [1.82, 2.24) is 5.32 Å². The number of aryl methyl sites for hydroxylation is 2. The van der Waals surface area contributed by atoms with Crippen LogP contribution in [0.1, 0.15) is 27.0 Å². The maximum absolute atomic E-state index is 12.0. The number of esters is 1. The van der Waals surface area contributed by atoms with Crippen LogP contribution in [-0.2, 0) is 20.7 Å². The summed E-state index contributed by atoms with van der Waals surface area (Å²) >= 11 is 0. The van der Waals surface area contributed by atoms with Gasteiger partial charge in [0, 0.05) is 11.3 Å². The van der Waals surface area contributed by atoms with Crippen molar-refractivity contribution in [2.24, 2.45) is 0 Å². The summed E-state index contributed by atoms with van der Waals surface area (Å²) in [5.74, 6) is -1.60. The van der Waals surface area contributed by atoms with E-state index in [1.54, 1.807) is 36.4 Å². The largest absolute Gasteiger partial charge is 0.454 e. The molecule has 0 aliphatic carbocycles. The molecule has 7 nitrogen and oxygen atoms in total. The highest BCUT2D eigenvalue weighted by Gasteiger charge is 2.11. The first kappa shape index (κ1) is 20.6. The molecule has 2 amide bonds. The van der Waals surface area contributed by atoms with Crippen LogP contribution in [0.4, 0.5) is 5.69 Å². The van der Waals surface area contributed by atoms with Crippen molar-refractivity contribution >= 4 is 23.5 Å². The number of ether oxygens (including phenoxy) is 1. The molecule has 2 rings (SSSR count). The third kappa shape index (κ3) is 6.25. The van der Waals surface area contributed by atoms with E-state index in [0.29, 0.717) is 17.7 Å². The molecule has 0 radical (unpaired) electrons. The molecule has 0 fully saturated rings. The summed E-state index contributed by atoms with van der Waals surface area (Å²) in [4.78, 5) is 35.6. The smallest absolute Gasteiger partial charge is 0.325 e. The number of carbonyl (C=O) groups excluding carboxylic acids is 3. The van der Waals surface area contributed by atoms with E-state index < -0.39 is 18.5 Å². The first-order valence-electron chi connectivity index (χ1n) is 8.66. The molecule has 2 aromatic rings. The van der Waals surface area contributed by atoms with Gasteiger partial charge in [0.25, 0.3) is 11.8 Å². The second-order valence-electron chi connectivity index (χ2n) is 6.22. The average Bonchev–Trinajstić information content (AvgIpc) is 2.68. The fraction of sp³-hybridized carbons (Fsp3) is 0.238. The summed E-state index contributed by atoms with van der Waals surface area (Å²) < 4.78 is 4.86. The van der Waals surface area contributed by atoms with Gasteiger partial charge in [0.05, 0.1) is 12.5 Å². The van der Waals surface area contributed by atoms with Crippen molar-refractivity contribution < 1.29 is 19.1 Å². The zero-order valence-electron chi connectivity index (χ0n) is 15.7. The first-order chi connectivity index (χ1) is 13.4. The first-order valence-corrected chi connectivity index (χ1v) is 8.66. The van der Waals surface area contributed by atoms with Crippen LogP contribution in [0.3, 0.4) is 0 Å². The second kappa shape index (κ2) is 9.88. The number of nitriles is 1. The second-order valence-corrected chi connectivity index (χ2v) is 6.22. The summed E-state index contributed by atoms with van der Waals surface area (Å²) in [5.41, 5.74) is 3.87. The van der Waals surface area contributed by atoms with Crippen LogP contribution in [0, 0.1) is 25.2 Å². The number of nitrogens with one attached hydrogen (secondary N) is 2. The summed E-state index contributed by atoms with van der Waals surface area (Å²) in [6.07, 6.45) is 0.291. The molecule has 0 bridgehead atoms. The third-order valence-electron chi connectivity index (χ3n) is 4.05. The average molecular weight is 379 g/mol. The van der Waals surface area contributed by atoms with E-state index in [-0.39, 0.29) is 12.5 Å². The van der Waals surface area contributed by atoms with Crippen LogP contribution < -0.4 is 10.6 Å². The van der Waals surface area contributed by atoms with E-state index in [1.165, 1.54) is 0 Å². The number of rotatable bonds is 7. The molecule has 0 saturated heterocycles. The van der Waals surface area contributed by atoms with Crippen LogP contribution in [0.15, 0.2) is 42.5 Å². The van der Waals surface area contributed by atoms with E-state index in [4.69, 9.17) is 10.00 Å². The summed E-state index contributed by atoms with van der Waals surface area (Å²) in [5, 5.41) is 13.7. The van der Waals surface area contributed by atoms with Gasteiger partial charge in [-0.3, -0.25) is 14.4 Å². The molecule has 144 valence electrons. The van der Waals surface area contributed by atoms with Crippen LogP contribution in [0.25, 0.3) is 0 Å². The van der Waals surface area contributed by atoms with Crippen LogP contribution in [0.5, 0.6) is 0 Å². The lowest BCUT2D eigenvalue weighted by atomic mass is 10.1. The molecule has 0 aromatic heterocycles. The topological polar surface area (TPSA) is 108 Å². The lowest BCUT2D eigenvalue weighted by molar-refractivity contribution is -0.146. The quantitative estimate of drug-likeness (QED) is 0.718. The Hall–Kier alpha value is -3.66. The fourth-order valence-corrected chi connectivity index (χ4v) is 2.33. The lowest BCUT2D eigenvalue weighted by Crippen LogP contribution is -2.32. The van der Waals surface area contributed by atoms with Gasteiger partial charge in [0.1, 0.15) is 6.54 Å². The standard InChI is InChI=1S/C21H21N3O4/c1-14-3-6-17(11-15(14)2)21(27)23-12-20(26)28-13-19(25)24-18-7-4-16(5-8-18)9-10-22/h3-8,11H,9,12-13H2,1-2H3,(H,23,27)(H,24,25). The summed E-state index contributed by atoms with van der Waals surface area (Å²) in [6, 6.07) is 14.1. The highest BCUT2D eigenvalue weighted by atomic mass is 16.5. The van der Waals surface area contributed by atoms with Gasteiger partial charge < -0.3 is 15.4 Å². The van der Waals surface area contributed by atoms with Crippen LogP contribution >= 0.6 is 0 Å². The molecule has 0 aliphatic rings. The Labute approximate surface area is 163 Å². The van der Waals surface area contributed by atoms with Crippen molar-refractivity contribution in [3.05, 3.63) is 64.7 Å². The van der Waals surface area contributed by atoms with E-state index in [2.05, 4.69) is 10.6 Å². The van der Waals surface area contributed by atoms with Crippen molar-refractivity contribution in [1.29, 1.82) is 5.26 Å². The molecule has 7 heteroatoms. The Morgan fingerprint density at radius 2 is 1.75 bits per heavy atom. The van der Waals surface area contributed by atoms with Gasteiger partial charge in [0.2, 0.25) is 0 Å². The van der Waals surface area contributed by atoms with Gasteiger partial charge in [-0.1, -0.05) is 18.2 Å². The molecule has 28 heavy (non-hydrogen) atoms. The van der Waals surface area contributed by atoms with Gasteiger partial charge in [-0.05, 0) is 54.8 Å². The number of anilines is 1. The highest BCUT2D eigenvalue weighted by Crippen LogP contribution is 2.10. The minimum absolute atomic E-state index is 0.291. The third-order valence-corrected chi connectivity index (χ3v) is 4.05. The minimum atomic E-state index is -0.711. The molecule has 0 spiro atoms. The van der Waals surface area contributed by atoms with E-state index in [9.17, 15) is 14.4 Å². The summed E-state index contributed by atoms with van der Waals surface area (Å²) in [6.45, 7) is 3.05. The van der Waals surface area contributed by atoms with E-state index in [1.807, 2.05) is 26.0 Å². The Kier molecular flexibility index (Phi) is 7.28. The molecule has 0 aliphatic heterocycles. The van der Waals surface area contributed by atoms with Crippen molar-refractivity contribution in [3.63, 3.8) is 0 Å². The van der Waals surface area contributed by atoms with Gasteiger partial charge in [-0.15, -0.1) is 0 Å². The normalized spacial score (nSPS) is 9.89. The van der Waals surface area contributed by atoms with Crippen LogP contribution in [0.2, 0.25) is 0 Å². The SMILES string of the molecule is Cc1ccc(C(=O)NCC(=O)OCC(=O)Nc2ccc(CC#N)cc2)cc1C. The van der Waals surface area contributed by atoms with E-state index in [0.717, 1.165) is 16.7 Å². The molecule has 0 heterocycles. The zero-order valence-corrected chi connectivity index (χ0v) is 15.7. The van der Waals surface area contributed by atoms with Gasteiger partial charge >= 0.3 is 5.97 Å². The Morgan fingerprint density at radius 3 is 2.39 bits per heavy atom. The zero-order chi connectivity index (χ0) is 20.5. The number of hydrogen-bond donors (Lipinski definition) is 2. The highest BCUT2D eigenvalue weighted by molar-refractivity contribution is 5.96. The minimum Gasteiger partial charge on any atom is -0.454 e. The molecule has 0 unspecified atom stereocenters. The Balaban J connectivity index is 1.74. The lowest BCUT2D eigenvalue weighted by Gasteiger charge is -2.09. The maximum atomic E-state index is 12.0. The summed E-state index contributed by atoms with van der Waals surface area (Å²) in [7, 11) is 0. The maximum Gasteiger partial charge on any atom is 0.325 e. The molecular formula is C21H21N3O4. The number of nitrogens with zero attached hydrogens (tertiary/aromatic N) is 1. The van der Waals surface area contributed by atoms with E-state index >= 15 is 0 Å². The predicted molar refractivity (Wildman–Crippen MR) is 104 cm³/mol. The molecule has 0 atom stereocenters. The number of amides is 2. The number of benzene rings is 2. The Bertz CT molecular complexity index is 914. The molecule has 2 N–H and O–H groups in total.